The first-order chi connectivity index (χ1) is 10.2. The first kappa shape index (κ1) is 17.4. The van der Waals surface area contributed by atoms with Gasteiger partial charge in [-0.05, 0) is 18.1 Å². The van der Waals surface area contributed by atoms with Crippen LogP contribution in [0, 0.1) is 6.92 Å². The molecular formula is C14H7F9. The Hall–Kier alpha value is -1.93. The second-order valence-electron chi connectivity index (χ2n) is 4.86. The highest BCUT2D eigenvalue weighted by Gasteiger charge is 2.54. The Labute approximate surface area is 123 Å². The largest absolute Gasteiger partial charge is 0.417 e. The molecule has 0 N–H and O–H groups in total. The summed E-state index contributed by atoms with van der Waals surface area (Å²) < 4.78 is 117. The monoisotopic (exact) mass is 346 g/mol. The summed E-state index contributed by atoms with van der Waals surface area (Å²) in [7, 11) is 0. The maximum absolute atomic E-state index is 13.1. The van der Waals surface area contributed by atoms with Crippen molar-refractivity contribution >= 4 is 0 Å². The molecule has 0 spiro atoms. The number of hydrogen-bond donors (Lipinski definition) is 0. The van der Waals surface area contributed by atoms with Gasteiger partial charge < -0.3 is 0 Å². The molecule has 0 aromatic carbocycles. The van der Waals surface area contributed by atoms with Crippen LogP contribution in [0.25, 0.3) is 11.1 Å². The minimum Gasteiger partial charge on any atom is -0.166 e. The van der Waals surface area contributed by atoms with E-state index in [4.69, 9.17) is 0 Å². The molecule has 23 heavy (non-hydrogen) atoms. The first-order valence-electron chi connectivity index (χ1n) is 6.02. The molecular weight excluding hydrogens is 339 g/mol. The van der Waals surface area contributed by atoms with E-state index in [0.717, 1.165) is 12.1 Å². The van der Waals surface area contributed by atoms with E-state index >= 15 is 0 Å². The van der Waals surface area contributed by atoms with Crippen molar-refractivity contribution < 1.29 is 39.5 Å². The Balaban J connectivity index is 3.09. The van der Waals surface area contributed by atoms with E-state index in [-0.39, 0.29) is 0 Å². The molecule has 0 amide bonds. The fourth-order valence-corrected chi connectivity index (χ4v) is 2.37. The fourth-order valence-electron chi connectivity index (χ4n) is 2.37. The average Bonchev–Trinajstić information content (AvgIpc) is 2.58. The molecule has 2 rings (SSSR count). The number of rotatable bonds is 0. The third kappa shape index (κ3) is 3.09. The second-order valence-corrected chi connectivity index (χ2v) is 4.86. The number of aryl methyl sites for hydroxylation is 1. The third-order valence-electron chi connectivity index (χ3n) is 3.21. The van der Waals surface area contributed by atoms with Crippen LogP contribution < -0.4 is 0 Å². The number of hydrogen-bond acceptors (Lipinski definition) is 0. The zero-order chi connectivity index (χ0) is 17.8. The fraction of sp³-hybridized carbons (Fsp3) is 0.286. The number of fused-ring (bicyclic) bond motifs is 1. The predicted octanol–water partition coefficient (Wildman–Crippen LogP) is 6.16. The molecule has 126 valence electrons. The lowest BCUT2D eigenvalue weighted by Crippen LogP contribution is -2.19. The molecule has 2 aliphatic carbocycles. The molecule has 0 atom stereocenters. The van der Waals surface area contributed by atoms with Crippen molar-refractivity contribution in [3.8, 4) is 11.1 Å². The van der Waals surface area contributed by atoms with E-state index in [1.54, 1.807) is 0 Å². The topological polar surface area (TPSA) is 0 Å². The highest BCUT2D eigenvalue weighted by molar-refractivity contribution is 5.80. The van der Waals surface area contributed by atoms with Crippen molar-refractivity contribution in [3.05, 3.63) is 46.5 Å². The molecule has 0 saturated heterocycles. The zero-order valence-electron chi connectivity index (χ0n) is 11.2. The Kier molecular flexibility index (Phi) is 3.82. The molecule has 0 aliphatic heterocycles. The standard InChI is InChI=1S/C14H7F9/c1-6-2-4-7-8(5-3-6)10(13(18,19)20)11(14(21,22)23)9(7)12(15,16)17/h2-5H,1H3. The summed E-state index contributed by atoms with van der Waals surface area (Å²) in [6.07, 6.45) is -17.0. The van der Waals surface area contributed by atoms with E-state index in [0.29, 0.717) is 17.7 Å². The Bertz CT molecular complexity index is 652. The first-order valence-corrected chi connectivity index (χ1v) is 6.02. The number of halogens is 9. The molecule has 0 saturated carbocycles. The maximum Gasteiger partial charge on any atom is 0.417 e. The van der Waals surface area contributed by atoms with Crippen LogP contribution >= 0.6 is 0 Å². The van der Waals surface area contributed by atoms with Gasteiger partial charge in [-0.25, -0.2) is 0 Å². The van der Waals surface area contributed by atoms with Crippen LogP contribution in [-0.2, 0) is 18.5 Å². The summed E-state index contributed by atoms with van der Waals surface area (Å²) in [4.78, 5) is 0. The summed E-state index contributed by atoms with van der Waals surface area (Å²) in [6, 6.07) is 3.30. The molecule has 0 heterocycles. The van der Waals surface area contributed by atoms with Crippen LogP contribution in [-0.4, -0.2) is 0 Å². The van der Waals surface area contributed by atoms with Crippen LogP contribution in [0.3, 0.4) is 0 Å². The maximum atomic E-state index is 13.1. The summed E-state index contributed by atoms with van der Waals surface area (Å²) >= 11 is 0. The van der Waals surface area contributed by atoms with Gasteiger partial charge in [0.05, 0.1) is 16.7 Å². The van der Waals surface area contributed by atoms with Crippen molar-refractivity contribution in [2.45, 2.75) is 25.5 Å². The zero-order valence-corrected chi connectivity index (χ0v) is 11.2. The molecule has 0 fully saturated rings. The minimum atomic E-state index is -5.80. The molecule has 0 aromatic rings. The van der Waals surface area contributed by atoms with E-state index in [2.05, 4.69) is 0 Å². The van der Waals surface area contributed by atoms with Crippen LogP contribution in [0.1, 0.15) is 22.3 Å². The normalized spacial score (nSPS) is 13.7. The Morgan fingerprint density at radius 3 is 1.09 bits per heavy atom. The minimum absolute atomic E-state index is 0.302. The van der Waals surface area contributed by atoms with Crippen LogP contribution in [0.5, 0.6) is 0 Å². The van der Waals surface area contributed by atoms with Crippen molar-refractivity contribution in [2.24, 2.45) is 0 Å². The van der Waals surface area contributed by atoms with E-state index in [1.165, 1.54) is 6.92 Å². The highest BCUT2D eigenvalue weighted by Crippen LogP contribution is 2.55. The second kappa shape index (κ2) is 5.04. The average molecular weight is 346 g/mol. The predicted molar refractivity (Wildman–Crippen MR) is 62.8 cm³/mol. The quantitative estimate of drug-likeness (QED) is 0.502. The van der Waals surface area contributed by atoms with Gasteiger partial charge in [-0.1, -0.05) is 29.8 Å². The lowest BCUT2D eigenvalue weighted by molar-refractivity contribution is -0.172. The van der Waals surface area contributed by atoms with Gasteiger partial charge in [0.15, 0.2) is 0 Å². The summed E-state index contributed by atoms with van der Waals surface area (Å²) in [6.45, 7) is 1.39. The molecule has 0 aromatic heterocycles. The van der Waals surface area contributed by atoms with Gasteiger partial charge in [0.2, 0.25) is 0 Å². The van der Waals surface area contributed by atoms with Crippen LogP contribution in [0.2, 0.25) is 0 Å². The van der Waals surface area contributed by atoms with E-state index in [9.17, 15) is 39.5 Å². The van der Waals surface area contributed by atoms with Gasteiger partial charge in [-0.15, -0.1) is 0 Å². The van der Waals surface area contributed by atoms with Crippen LogP contribution in [0.15, 0.2) is 24.3 Å². The van der Waals surface area contributed by atoms with Crippen molar-refractivity contribution in [3.63, 3.8) is 0 Å². The molecule has 0 nitrogen and oxygen atoms in total. The Morgan fingerprint density at radius 1 is 0.522 bits per heavy atom. The molecule has 0 unspecified atom stereocenters. The van der Waals surface area contributed by atoms with Crippen LogP contribution in [0.4, 0.5) is 39.5 Å². The lowest BCUT2D eigenvalue weighted by Gasteiger charge is -2.15. The highest BCUT2D eigenvalue weighted by atomic mass is 19.4. The molecule has 9 heteroatoms. The lowest BCUT2D eigenvalue weighted by atomic mass is 10.1. The van der Waals surface area contributed by atoms with Crippen molar-refractivity contribution in [1.82, 2.24) is 0 Å². The van der Waals surface area contributed by atoms with Gasteiger partial charge in [0, 0.05) is 0 Å². The smallest absolute Gasteiger partial charge is 0.166 e. The molecule has 0 radical (unpaired) electrons. The molecule has 0 bridgehead atoms. The molecule has 2 aliphatic rings. The van der Waals surface area contributed by atoms with Gasteiger partial charge >= 0.3 is 18.5 Å². The van der Waals surface area contributed by atoms with Crippen molar-refractivity contribution in [2.75, 3.05) is 0 Å². The summed E-state index contributed by atoms with van der Waals surface area (Å²) in [5, 5.41) is 0. The van der Waals surface area contributed by atoms with Gasteiger partial charge in [0.25, 0.3) is 0 Å². The SMILES string of the molecule is Cc1ccc2c(C(F)(F)F)c(C(F)(F)F)c(C(F)(F)F)c-2cc1. The third-order valence-corrected chi connectivity index (χ3v) is 3.21. The summed E-state index contributed by atoms with van der Waals surface area (Å²) in [5.74, 6) is 0. The van der Waals surface area contributed by atoms with Gasteiger partial charge in [-0.2, -0.15) is 39.5 Å². The summed E-state index contributed by atoms with van der Waals surface area (Å²) in [5.41, 5.74) is -9.30. The van der Waals surface area contributed by atoms with Gasteiger partial charge in [0.1, 0.15) is 0 Å². The Morgan fingerprint density at radius 2 is 0.826 bits per heavy atom. The van der Waals surface area contributed by atoms with E-state index < -0.39 is 46.3 Å². The van der Waals surface area contributed by atoms with E-state index in [1.807, 2.05) is 0 Å². The van der Waals surface area contributed by atoms with Gasteiger partial charge in [-0.3, -0.25) is 0 Å². The number of alkyl halides is 9. The van der Waals surface area contributed by atoms with Crippen molar-refractivity contribution in [1.29, 1.82) is 0 Å².